The monoisotopic (exact) mass is 301 g/mol. The van der Waals surface area contributed by atoms with Gasteiger partial charge in [0, 0.05) is 0 Å². The maximum atomic E-state index is 11.3. The zero-order chi connectivity index (χ0) is 15.7. The lowest BCUT2D eigenvalue weighted by Crippen LogP contribution is -2.09. The summed E-state index contributed by atoms with van der Waals surface area (Å²) in [5.41, 5.74) is 3.20. The molecule has 0 aliphatic heterocycles. The standard InChI is InChI=1S/C17H19NO4/c1-17(2)7-11-4-5-13(6-12(11)8-17)21-10-15-18-14(9-22-15)16(19)20-3/h4-6,9H,7-8,10H2,1-3H3. The normalized spacial score (nSPS) is 15.4. The molecule has 1 heterocycles. The molecule has 0 fully saturated rings. The summed E-state index contributed by atoms with van der Waals surface area (Å²) in [5, 5.41) is 0. The van der Waals surface area contributed by atoms with Gasteiger partial charge in [0.25, 0.3) is 0 Å². The van der Waals surface area contributed by atoms with Crippen molar-refractivity contribution in [1.82, 2.24) is 4.98 Å². The third kappa shape index (κ3) is 2.98. The number of oxazole rings is 1. The maximum Gasteiger partial charge on any atom is 0.360 e. The Balaban J connectivity index is 1.65. The van der Waals surface area contributed by atoms with Crippen LogP contribution in [0.5, 0.6) is 5.75 Å². The second kappa shape index (κ2) is 5.48. The molecule has 5 heteroatoms. The van der Waals surface area contributed by atoms with E-state index < -0.39 is 5.97 Å². The Morgan fingerprint density at radius 2 is 2.09 bits per heavy atom. The van der Waals surface area contributed by atoms with E-state index in [2.05, 4.69) is 35.7 Å². The second-order valence-corrected chi connectivity index (χ2v) is 6.36. The van der Waals surface area contributed by atoms with Gasteiger partial charge in [0.1, 0.15) is 12.0 Å². The molecule has 0 bridgehead atoms. The van der Waals surface area contributed by atoms with E-state index in [1.807, 2.05) is 6.07 Å². The van der Waals surface area contributed by atoms with Crippen LogP contribution in [0, 0.1) is 5.41 Å². The molecular formula is C17H19NO4. The molecule has 0 saturated carbocycles. The summed E-state index contributed by atoms with van der Waals surface area (Å²) in [6.45, 7) is 4.72. The highest BCUT2D eigenvalue weighted by Crippen LogP contribution is 2.37. The van der Waals surface area contributed by atoms with E-state index in [0.717, 1.165) is 18.6 Å². The van der Waals surface area contributed by atoms with Gasteiger partial charge in [-0.3, -0.25) is 0 Å². The number of methoxy groups -OCH3 is 1. The number of ether oxygens (including phenoxy) is 2. The largest absolute Gasteiger partial charge is 0.484 e. The molecule has 0 N–H and O–H groups in total. The molecule has 0 amide bonds. The second-order valence-electron chi connectivity index (χ2n) is 6.36. The molecule has 1 aliphatic rings. The van der Waals surface area contributed by atoms with Crippen LogP contribution < -0.4 is 4.74 Å². The Kier molecular flexibility index (Phi) is 3.64. The highest BCUT2D eigenvalue weighted by atomic mass is 16.5. The molecule has 1 aromatic heterocycles. The molecule has 116 valence electrons. The van der Waals surface area contributed by atoms with Gasteiger partial charge in [0.05, 0.1) is 7.11 Å². The summed E-state index contributed by atoms with van der Waals surface area (Å²) in [6.07, 6.45) is 3.44. The molecule has 3 rings (SSSR count). The Morgan fingerprint density at radius 1 is 1.32 bits per heavy atom. The highest BCUT2D eigenvalue weighted by Gasteiger charge is 2.28. The zero-order valence-corrected chi connectivity index (χ0v) is 13.0. The lowest BCUT2D eigenvalue weighted by molar-refractivity contribution is 0.0594. The first-order valence-electron chi connectivity index (χ1n) is 7.24. The summed E-state index contributed by atoms with van der Waals surface area (Å²) in [5.74, 6) is 0.616. The smallest absolute Gasteiger partial charge is 0.360 e. The predicted molar refractivity (Wildman–Crippen MR) is 79.8 cm³/mol. The number of aromatic nitrogens is 1. The fourth-order valence-corrected chi connectivity index (χ4v) is 2.84. The lowest BCUT2D eigenvalue weighted by Gasteiger charge is -2.14. The maximum absolute atomic E-state index is 11.3. The van der Waals surface area contributed by atoms with Crippen LogP contribution in [0.1, 0.15) is 41.4 Å². The molecular weight excluding hydrogens is 282 g/mol. The van der Waals surface area contributed by atoms with E-state index in [9.17, 15) is 4.79 Å². The van der Waals surface area contributed by atoms with Crippen molar-refractivity contribution in [2.45, 2.75) is 33.3 Å². The number of rotatable bonds is 4. The molecule has 1 aromatic carbocycles. The van der Waals surface area contributed by atoms with E-state index in [0.29, 0.717) is 11.3 Å². The van der Waals surface area contributed by atoms with Crippen LogP contribution in [0.2, 0.25) is 0 Å². The molecule has 0 spiro atoms. The van der Waals surface area contributed by atoms with Gasteiger partial charge in [-0.05, 0) is 41.5 Å². The molecule has 0 saturated heterocycles. The Labute approximate surface area is 129 Å². The van der Waals surface area contributed by atoms with Crippen molar-refractivity contribution >= 4 is 5.97 Å². The first kappa shape index (κ1) is 14.6. The first-order chi connectivity index (χ1) is 10.5. The van der Waals surface area contributed by atoms with Crippen molar-refractivity contribution in [3.63, 3.8) is 0 Å². The quantitative estimate of drug-likeness (QED) is 0.812. The number of benzene rings is 1. The minimum absolute atomic E-state index is 0.150. The first-order valence-corrected chi connectivity index (χ1v) is 7.24. The Hall–Kier alpha value is -2.30. The number of hydrogen-bond donors (Lipinski definition) is 0. The van der Waals surface area contributed by atoms with Crippen molar-refractivity contribution in [2.75, 3.05) is 7.11 Å². The van der Waals surface area contributed by atoms with E-state index in [4.69, 9.17) is 9.15 Å². The van der Waals surface area contributed by atoms with Crippen molar-refractivity contribution in [3.8, 4) is 5.75 Å². The molecule has 0 unspecified atom stereocenters. The van der Waals surface area contributed by atoms with Gasteiger partial charge in [-0.15, -0.1) is 0 Å². The fourth-order valence-electron chi connectivity index (χ4n) is 2.84. The molecule has 2 aromatic rings. The number of carbonyl (C=O) groups is 1. The topological polar surface area (TPSA) is 61.6 Å². The number of carbonyl (C=O) groups excluding carboxylic acids is 1. The van der Waals surface area contributed by atoms with Crippen LogP contribution in [0.15, 0.2) is 28.9 Å². The van der Waals surface area contributed by atoms with Crippen LogP contribution in [0.4, 0.5) is 0 Å². The predicted octanol–water partition coefficient (Wildman–Crippen LogP) is 3.17. The number of nitrogens with zero attached hydrogens (tertiary/aromatic N) is 1. The highest BCUT2D eigenvalue weighted by molar-refractivity contribution is 5.86. The van der Waals surface area contributed by atoms with E-state index in [1.54, 1.807) is 0 Å². The SMILES string of the molecule is COC(=O)c1coc(COc2ccc3c(c2)CC(C)(C)C3)n1. The van der Waals surface area contributed by atoms with Gasteiger partial charge in [0.15, 0.2) is 12.3 Å². The third-order valence-corrected chi connectivity index (χ3v) is 3.82. The Morgan fingerprint density at radius 3 is 2.86 bits per heavy atom. The molecule has 0 radical (unpaired) electrons. The lowest BCUT2D eigenvalue weighted by atomic mass is 9.90. The van der Waals surface area contributed by atoms with Crippen LogP contribution in [0.25, 0.3) is 0 Å². The fraction of sp³-hybridized carbons (Fsp3) is 0.412. The van der Waals surface area contributed by atoms with Crippen LogP contribution in [-0.2, 0) is 24.2 Å². The van der Waals surface area contributed by atoms with Crippen molar-refractivity contribution in [3.05, 3.63) is 47.2 Å². The Bertz CT molecular complexity index is 702. The summed E-state index contributed by atoms with van der Waals surface area (Å²) in [6, 6.07) is 6.16. The summed E-state index contributed by atoms with van der Waals surface area (Å²) < 4.78 is 15.5. The summed E-state index contributed by atoms with van der Waals surface area (Å²) in [4.78, 5) is 15.3. The van der Waals surface area contributed by atoms with Crippen molar-refractivity contribution < 1.29 is 18.7 Å². The number of fused-ring (bicyclic) bond motifs is 1. The zero-order valence-electron chi connectivity index (χ0n) is 13.0. The van der Waals surface area contributed by atoms with Gasteiger partial charge in [-0.2, -0.15) is 0 Å². The minimum atomic E-state index is -0.519. The van der Waals surface area contributed by atoms with Gasteiger partial charge in [-0.1, -0.05) is 19.9 Å². The molecule has 1 aliphatic carbocycles. The average Bonchev–Trinajstić information content (AvgIpc) is 3.06. The summed E-state index contributed by atoms with van der Waals surface area (Å²) in [7, 11) is 1.30. The number of esters is 1. The van der Waals surface area contributed by atoms with Crippen molar-refractivity contribution in [1.29, 1.82) is 0 Å². The van der Waals surface area contributed by atoms with Gasteiger partial charge < -0.3 is 13.9 Å². The van der Waals surface area contributed by atoms with Crippen molar-refractivity contribution in [2.24, 2.45) is 5.41 Å². The molecule has 5 nitrogen and oxygen atoms in total. The molecule has 22 heavy (non-hydrogen) atoms. The van der Waals surface area contributed by atoms with Gasteiger partial charge >= 0.3 is 5.97 Å². The van der Waals surface area contributed by atoms with Gasteiger partial charge in [-0.25, -0.2) is 9.78 Å². The van der Waals surface area contributed by atoms with E-state index >= 15 is 0 Å². The van der Waals surface area contributed by atoms with Crippen LogP contribution in [-0.4, -0.2) is 18.1 Å². The molecule has 0 atom stereocenters. The summed E-state index contributed by atoms with van der Waals surface area (Å²) >= 11 is 0. The number of hydrogen-bond acceptors (Lipinski definition) is 5. The van der Waals surface area contributed by atoms with Crippen LogP contribution >= 0.6 is 0 Å². The van der Waals surface area contributed by atoms with E-state index in [-0.39, 0.29) is 12.3 Å². The van der Waals surface area contributed by atoms with Gasteiger partial charge in [0.2, 0.25) is 5.89 Å². The van der Waals surface area contributed by atoms with E-state index in [1.165, 1.54) is 24.5 Å². The van der Waals surface area contributed by atoms with Crippen LogP contribution in [0.3, 0.4) is 0 Å². The minimum Gasteiger partial charge on any atom is -0.484 e. The average molecular weight is 301 g/mol. The third-order valence-electron chi connectivity index (χ3n) is 3.82.